The predicted octanol–water partition coefficient (Wildman–Crippen LogP) is -0.453. The fourth-order valence-electron chi connectivity index (χ4n) is 0.941. The van der Waals surface area contributed by atoms with Crippen LogP contribution in [0.5, 0.6) is 0 Å². The second-order valence-electron chi connectivity index (χ2n) is 2.27. The lowest BCUT2D eigenvalue weighted by atomic mass is 10.1. The van der Waals surface area contributed by atoms with Crippen LogP contribution < -0.4 is 0 Å². The molecule has 1 aliphatic rings. The maximum atomic E-state index is 10.7. The Labute approximate surface area is 50.3 Å². The van der Waals surface area contributed by atoms with Crippen molar-refractivity contribution in [1.29, 1.82) is 0 Å². The van der Waals surface area contributed by atoms with Crippen LogP contribution in [-0.2, 0) is 4.79 Å². The van der Waals surface area contributed by atoms with Gasteiger partial charge in [0.1, 0.15) is 0 Å². The quantitative estimate of drug-likeness (QED) is 0.387. The van der Waals surface area contributed by atoms with E-state index in [1.807, 2.05) is 7.98 Å². The minimum atomic E-state index is 0.302. The van der Waals surface area contributed by atoms with Crippen LogP contribution in [0.1, 0.15) is 19.3 Å². The average molecular weight is 111 g/mol. The Balaban J connectivity index is 2.39. The summed E-state index contributed by atoms with van der Waals surface area (Å²) >= 11 is 0. The molecule has 1 fully saturated rings. The lowest BCUT2D eigenvalue weighted by molar-refractivity contribution is -0.128. The molecule has 1 rings (SSSR count). The van der Waals surface area contributed by atoms with Crippen LogP contribution >= 0.6 is 0 Å². The van der Waals surface area contributed by atoms with Crippen molar-refractivity contribution in [3.05, 3.63) is 0 Å². The molecule has 2 nitrogen and oxygen atoms in total. The molecular weight excluding hydrogens is 101 g/mol. The molecule has 1 amide bonds. The van der Waals surface area contributed by atoms with Crippen molar-refractivity contribution in [2.75, 3.05) is 6.54 Å². The molecule has 0 aromatic rings. The van der Waals surface area contributed by atoms with E-state index in [9.17, 15) is 4.79 Å². The standard InChI is InChI=1S/C5H10BNO/c6-7-4-2-1-3-5(7)8/h1-4,6H2. The molecule has 1 heterocycles. The second kappa shape index (κ2) is 2.20. The van der Waals surface area contributed by atoms with Gasteiger partial charge in [-0.05, 0) is 12.8 Å². The zero-order valence-electron chi connectivity index (χ0n) is 5.18. The molecule has 8 heavy (non-hydrogen) atoms. The van der Waals surface area contributed by atoms with Gasteiger partial charge in [0.05, 0.1) is 0 Å². The summed E-state index contributed by atoms with van der Waals surface area (Å²) in [6, 6.07) is 0. The van der Waals surface area contributed by atoms with Gasteiger partial charge in [-0.2, -0.15) is 0 Å². The Morgan fingerprint density at radius 3 is 2.62 bits per heavy atom. The van der Waals surface area contributed by atoms with Gasteiger partial charge in [0.25, 0.3) is 0 Å². The number of rotatable bonds is 0. The van der Waals surface area contributed by atoms with E-state index in [0.29, 0.717) is 5.91 Å². The van der Waals surface area contributed by atoms with Crippen molar-refractivity contribution in [2.24, 2.45) is 0 Å². The normalized spacial score (nSPS) is 21.5. The molecule has 0 atom stereocenters. The zero-order valence-corrected chi connectivity index (χ0v) is 5.18. The summed E-state index contributed by atoms with van der Waals surface area (Å²) in [6.45, 7) is 0.957. The third-order valence-electron chi connectivity index (χ3n) is 1.56. The van der Waals surface area contributed by atoms with Crippen LogP contribution in [0.2, 0.25) is 0 Å². The Hall–Kier alpha value is -0.465. The second-order valence-corrected chi connectivity index (χ2v) is 2.27. The van der Waals surface area contributed by atoms with Crippen LogP contribution in [-0.4, -0.2) is 25.2 Å². The number of hydrogen-bond acceptors (Lipinski definition) is 1. The number of hydrogen-bond donors (Lipinski definition) is 0. The molecule has 0 unspecified atom stereocenters. The van der Waals surface area contributed by atoms with Crippen molar-refractivity contribution in [2.45, 2.75) is 19.3 Å². The summed E-state index contributed by atoms with van der Waals surface area (Å²) in [6.07, 6.45) is 3.03. The van der Waals surface area contributed by atoms with Gasteiger partial charge in [-0.3, -0.25) is 4.79 Å². The van der Waals surface area contributed by atoms with Crippen molar-refractivity contribution in [3.63, 3.8) is 0 Å². The van der Waals surface area contributed by atoms with Gasteiger partial charge >= 0.3 is 0 Å². The largest absolute Gasteiger partial charge is 0.394 e. The average Bonchev–Trinajstić information content (AvgIpc) is 1.77. The summed E-state index contributed by atoms with van der Waals surface area (Å²) in [7, 11) is 1.86. The minimum absolute atomic E-state index is 0.302. The minimum Gasteiger partial charge on any atom is -0.394 e. The van der Waals surface area contributed by atoms with Gasteiger partial charge in [0, 0.05) is 13.0 Å². The van der Waals surface area contributed by atoms with Crippen molar-refractivity contribution < 1.29 is 4.79 Å². The van der Waals surface area contributed by atoms with E-state index in [0.717, 1.165) is 19.4 Å². The highest BCUT2D eigenvalue weighted by Crippen LogP contribution is 2.06. The molecule has 1 aliphatic heterocycles. The highest BCUT2D eigenvalue weighted by Gasteiger charge is 2.11. The van der Waals surface area contributed by atoms with Crippen molar-refractivity contribution in [3.8, 4) is 0 Å². The molecule has 0 aromatic carbocycles. The first-order valence-corrected chi connectivity index (χ1v) is 3.04. The molecule has 0 N–H and O–H groups in total. The molecule has 0 aliphatic carbocycles. The summed E-state index contributed by atoms with van der Waals surface area (Å²) < 4.78 is 0. The molecule has 0 aromatic heterocycles. The Bertz CT molecular complexity index is 105. The van der Waals surface area contributed by atoms with Crippen LogP contribution in [0.4, 0.5) is 0 Å². The fourth-order valence-corrected chi connectivity index (χ4v) is 0.941. The van der Waals surface area contributed by atoms with E-state index in [4.69, 9.17) is 0 Å². The molecule has 3 heteroatoms. The van der Waals surface area contributed by atoms with E-state index in [1.165, 1.54) is 6.42 Å². The molecule has 44 valence electrons. The number of piperidine rings is 1. The van der Waals surface area contributed by atoms with E-state index < -0.39 is 0 Å². The summed E-state index contributed by atoms with van der Waals surface area (Å²) in [5.41, 5.74) is 0. The first kappa shape index (κ1) is 5.67. The third kappa shape index (κ3) is 1.03. The van der Waals surface area contributed by atoms with Crippen LogP contribution in [0.3, 0.4) is 0 Å². The maximum absolute atomic E-state index is 10.7. The fraction of sp³-hybridized carbons (Fsp3) is 0.800. The lowest BCUT2D eigenvalue weighted by Crippen LogP contribution is -2.32. The van der Waals surface area contributed by atoms with Gasteiger partial charge in [0.2, 0.25) is 13.9 Å². The molecule has 0 radical (unpaired) electrons. The lowest BCUT2D eigenvalue weighted by Gasteiger charge is -2.21. The van der Waals surface area contributed by atoms with Gasteiger partial charge in [0.15, 0.2) is 0 Å². The number of carbonyl (C=O) groups is 1. The van der Waals surface area contributed by atoms with Crippen LogP contribution in [0.25, 0.3) is 0 Å². The Kier molecular flexibility index (Phi) is 1.56. The first-order chi connectivity index (χ1) is 3.80. The molecule has 0 saturated carbocycles. The van der Waals surface area contributed by atoms with Crippen LogP contribution in [0.15, 0.2) is 0 Å². The predicted molar refractivity (Wildman–Crippen MR) is 34.1 cm³/mol. The summed E-state index contributed by atoms with van der Waals surface area (Å²) in [5, 5.41) is 0. The van der Waals surface area contributed by atoms with Gasteiger partial charge in [-0.25, -0.2) is 0 Å². The maximum Gasteiger partial charge on any atom is 0.221 e. The van der Waals surface area contributed by atoms with E-state index in [-0.39, 0.29) is 0 Å². The highest BCUT2D eigenvalue weighted by atomic mass is 16.2. The van der Waals surface area contributed by atoms with E-state index in [1.54, 1.807) is 4.81 Å². The van der Waals surface area contributed by atoms with Gasteiger partial charge < -0.3 is 4.81 Å². The molecular formula is C5H10BNO. The van der Waals surface area contributed by atoms with Gasteiger partial charge in [-0.1, -0.05) is 0 Å². The molecule has 0 bridgehead atoms. The zero-order chi connectivity index (χ0) is 5.98. The number of nitrogens with zero attached hydrogens (tertiary/aromatic N) is 1. The summed E-state index contributed by atoms with van der Waals surface area (Å²) in [4.78, 5) is 12.5. The van der Waals surface area contributed by atoms with Crippen LogP contribution in [0, 0.1) is 0 Å². The topological polar surface area (TPSA) is 20.3 Å². The van der Waals surface area contributed by atoms with E-state index in [2.05, 4.69) is 0 Å². The van der Waals surface area contributed by atoms with Crippen molar-refractivity contribution >= 4 is 13.9 Å². The SMILES string of the molecule is BN1CCCCC1=O. The number of carbonyl (C=O) groups excluding carboxylic acids is 1. The Morgan fingerprint density at radius 1 is 1.50 bits per heavy atom. The summed E-state index contributed by atoms with van der Waals surface area (Å²) in [5.74, 6) is 0.302. The first-order valence-electron chi connectivity index (χ1n) is 3.04. The number of amides is 1. The van der Waals surface area contributed by atoms with E-state index >= 15 is 0 Å². The Morgan fingerprint density at radius 2 is 2.25 bits per heavy atom. The van der Waals surface area contributed by atoms with Crippen molar-refractivity contribution in [1.82, 2.24) is 4.81 Å². The van der Waals surface area contributed by atoms with Gasteiger partial charge in [-0.15, -0.1) is 0 Å². The molecule has 0 spiro atoms. The molecule has 1 saturated heterocycles. The highest BCUT2D eigenvalue weighted by molar-refractivity contribution is 6.14. The third-order valence-corrected chi connectivity index (χ3v) is 1.56. The smallest absolute Gasteiger partial charge is 0.221 e. The monoisotopic (exact) mass is 111 g/mol.